The fourth-order valence-electron chi connectivity index (χ4n) is 1.74. The van der Waals surface area contributed by atoms with Crippen molar-refractivity contribution in [3.05, 3.63) is 52.1 Å². The summed E-state index contributed by atoms with van der Waals surface area (Å²) in [6.45, 7) is 1.73. The lowest BCUT2D eigenvalue weighted by Gasteiger charge is -2.10. The standard InChI is InChI=1S/C16H14FIO3/c1-2-20-16(19)15(17)21-14-9-5-12(6-10-14)11-3-7-13(18)8-4-11/h3-10,15H,2H2,1H3. The number of carbonyl (C=O) groups excluding carboxylic acids is 1. The van der Waals surface area contributed by atoms with Crippen LogP contribution in [0.4, 0.5) is 4.39 Å². The third-order valence-corrected chi connectivity index (χ3v) is 3.46. The molecule has 3 nitrogen and oxygen atoms in total. The second-order valence-electron chi connectivity index (χ2n) is 4.22. The molecular formula is C16H14FIO3. The highest BCUT2D eigenvalue weighted by atomic mass is 127. The van der Waals surface area contributed by atoms with Gasteiger partial charge in [-0.2, -0.15) is 4.39 Å². The zero-order valence-corrected chi connectivity index (χ0v) is 13.5. The second-order valence-corrected chi connectivity index (χ2v) is 5.46. The van der Waals surface area contributed by atoms with Gasteiger partial charge in [-0.15, -0.1) is 0 Å². The van der Waals surface area contributed by atoms with Crippen molar-refractivity contribution in [2.45, 2.75) is 13.3 Å². The van der Waals surface area contributed by atoms with Gasteiger partial charge >= 0.3 is 12.3 Å². The highest BCUT2D eigenvalue weighted by molar-refractivity contribution is 14.1. The van der Waals surface area contributed by atoms with Gasteiger partial charge in [-0.1, -0.05) is 24.3 Å². The van der Waals surface area contributed by atoms with Gasteiger partial charge in [0, 0.05) is 3.57 Å². The number of esters is 1. The quantitative estimate of drug-likeness (QED) is 0.558. The van der Waals surface area contributed by atoms with E-state index in [-0.39, 0.29) is 12.4 Å². The molecule has 2 rings (SSSR count). The summed E-state index contributed by atoms with van der Waals surface area (Å²) >= 11 is 2.24. The SMILES string of the molecule is CCOC(=O)C(F)Oc1ccc(-c2ccc(I)cc2)cc1. The number of hydrogen-bond donors (Lipinski definition) is 0. The summed E-state index contributed by atoms with van der Waals surface area (Å²) in [4.78, 5) is 11.1. The van der Waals surface area contributed by atoms with Crippen LogP contribution in [0.1, 0.15) is 6.92 Å². The smallest absolute Gasteiger partial charge is 0.381 e. The van der Waals surface area contributed by atoms with Crippen molar-refractivity contribution in [3.8, 4) is 16.9 Å². The minimum absolute atomic E-state index is 0.119. The van der Waals surface area contributed by atoms with Gasteiger partial charge in [0.1, 0.15) is 5.75 Å². The summed E-state index contributed by atoms with van der Waals surface area (Å²) in [5, 5.41) is 0. The highest BCUT2D eigenvalue weighted by Gasteiger charge is 2.20. The maximum Gasteiger partial charge on any atom is 0.381 e. The summed E-state index contributed by atoms with van der Waals surface area (Å²) < 4.78 is 24.0. The molecule has 110 valence electrons. The Labute approximate surface area is 136 Å². The zero-order chi connectivity index (χ0) is 15.2. The first-order valence-corrected chi connectivity index (χ1v) is 7.51. The minimum Gasteiger partial charge on any atom is -0.461 e. The molecule has 0 saturated carbocycles. The predicted octanol–water partition coefficient (Wildman–Crippen LogP) is 4.20. The largest absolute Gasteiger partial charge is 0.461 e. The van der Waals surface area contributed by atoms with Crippen molar-refractivity contribution in [3.63, 3.8) is 0 Å². The summed E-state index contributed by atoms with van der Waals surface area (Å²) in [6.07, 6.45) is -2.10. The van der Waals surface area contributed by atoms with Crippen molar-refractivity contribution >= 4 is 28.6 Å². The Hall–Kier alpha value is -1.63. The summed E-state index contributed by atoms with van der Waals surface area (Å²) in [7, 11) is 0. The molecule has 1 unspecified atom stereocenters. The van der Waals surface area contributed by atoms with E-state index in [1.165, 1.54) is 0 Å². The Bertz CT molecular complexity index is 596. The Morgan fingerprint density at radius 2 is 1.62 bits per heavy atom. The monoisotopic (exact) mass is 400 g/mol. The molecule has 0 fully saturated rings. The number of carbonyl (C=O) groups is 1. The van der Waals surface area contributed by atoms with Crippen molar-refractivity contribution in [2.75, 3.05) is 6.61 Å². The van der Waals surface area contributed by atoms with Gasteiger partial charge in [-0.3, -0.25) is 0 Å². The van der Waals surface area contributed by atoms with Crippen molar-refractivity contribution in [1.29, 1.82) is 0 Å². The molecular weight excluding hydrogens is 386 g/mol. The molecule has 5 heteroatoms. The lowest BCUT2D eigenvalue weighted by atomic mass is 10.1. The van der Waals surface area contributed by atoms with Crippen LogP contribution in [0.3, 0.4) is 0 Å². The third kappa shape index (κ3) is 4.42. The lowest BCUT2D eigenvalue weighted by Crippen LogP contribution is -2.24. The normalized spacial score (nSPS) is 11.8. The van der Waals surface area contributed by atoms with E-state index >= 15 is 0 Å². The Morgan fingerprint density at radius 1 is 1.10 bits per heavy atom. The molecule has 1 atom stereocenters. The van der Waals surface area contributed by atoms with Crippen LogP contribution in [-0.4, -0.2) is 18.9 Å². The maximum absolute atomic E-state index is 13.4. The first-order valence-electron chi connectivity index (χ1n) is 6.43. The molecule has 2 aromatic rings. The van der Waals surface area contributed by atoms with Gasteiger partial charge in [-0.25, -0.2) is 4.79 Å². The van der Waals surface area contributed by atoms with E-state index in [0.29, 0.717) is 0 Å². The number of hydrogen-bond acceptors (Lipinski definition) is 3. The van der Waals surface area contributed by atoms with Gasteiger partial charge in [0.25, 0.3) is 0 Å². The fraction of sp³-hybridized carbons (Fsp3) is 0.188. The van der Waals surface area contributed by atoms with E-state index in [0.717, 1.165) is 14.7 Å². The zero-order valence-electron chi connectivity index (χ0n) is 11.4. The molecule has 0 amide bonds. The Morgan fingerprint density at radius 3 is 2.14 bits per heavy atom. The highest BCUT2D eigenvalue weighted by Crippen LogP contribution is 2.24. The third-order valence-electron chi connectivity index (χ3n) is 2.74. The van der Waals surface area contributed by atoms with E-state index in [9.17, 15) is 9.18 Å². The van der Waals surface area contributed by atoms with Crippen LogP contribution < -0.4 is 4.74 Å². The van der Waals surface area contributed by atoms with Crippen LogP contribution in [-0.2, 0) is 9.53 Å². The molecule has 21 heavy (non-hydrogen) atoms. The van der Waals surface area contributed by atoms with Crippen molar-refractivity contribution in [2.24, 2.45) is 0 Å². The van der Waals surface area contributed by atoms with Gasteiger partial charge in [0.15, 0.2) is 0 Å². The molecule has 0 aliphatic carbocycles. The van der Waals surface area contributed by atoms with E-state index in [1.54, 1.807) is 19.1 Å². The van der Waals surface area contributed by atoms with Gasteiger partial charge in [0.05, 0.1) is 6.61 Å². The number of alkyl halides is 1. The fourth-order valence-corrected chi connectivity index (χ4v) is 2.10. The summed E-state index contributed by atoms with van der Waals surface area (Å²) in [6, 6.07) is 14.9. The van der Waals surface area contributed by atoms with E-state index in [1.807, 2.05) is 36.4 Å². The molecule has 0 spiro atoms. The first-order chi connectivity index (χ1) is 10.1. The molecule has 0 aromatic heterocycles. The van der Waals surface area contributed by atoms with E-state index in [2.05, 4.69) is 27.3 Å². The van der Waals surface area contributed by atoms with Crippen LogP contribution in [0.5, 0.6) is 5.75 Å². The first kappa shape index (κ1) is 15.8. The van der Waals surface area contributed by atoms with Crippen LogP contribution in [0.25, 0.3) is 11.1 Å². The average Bonchev–Trinajstić information content (AvgIpc) is 2.49. The van der Waals surface area contributed by atoms with Crippen LogP contribution >= 0.6 is 22.6 Å². The van der Waals surface area contributed by atoms with Crippen molar-refractivity contribution < 1.29 is 18.7 Å². The molecule has 0 saturated heterocycles. The van der Waals surface area contributed by atoms with Gasteiger partial charge in [0.2, 0.25) is 0 Å². The molecule has 0 aliphatic heterocycles. The van der Waals surface area contributed by atoms with Crippen LogP contribution in [0.2, 0.25) is 0 Å². The number of halogens is 2. The molecule has 0 N–H and O–H groups in total. The Balaban J connectivity index is 2.05. The molecule has 0 aliphatic rings. The molecule has 0 radical (unpaired) electrons. The molecule has 2 aromatic carbocycles. The summed E-state index contributed by atoms with van der Waals surface area (Å²) in [5.41, 5.74) is 2.05. The van der Waals surface area contributed by atoms with E-state index < -0.39 is 12.3 Å². The molecule has 0 heterocycles. The topological polar surface area (TPSA) is 35.5 Å². The number of ether oxygens (including phenoxy) is 2. The maximum atomic E-state index is 13.4. The van der Waals surface area contributed by atoms with Crippen LogP contribution in [0.15, 0.2) is 48.5 Å². The molecule has 0 bridgehead atoms. The van der Waals surface area contributed by atoms with Gasteiger partial charge in [-0.05, 0) is 64.9 Å². The van der Waals surface area contributed by atoms with Crippen molar-refractivity contribution in [1.82, 2.24) is 0 Å². The number of benzene rings is 2. The van der Waals surface area contributed by atoms with Gasteiger partial charge < -0.3 is 9.47 Å². The average molecular weight is 400 g/mol. The Kier molecular flexibility index (Phi) is 5.55. The van der Waals surface area contributed by atoms with E-state index in [4.69, 9.17) is 4.74 Å². The predicted molar refractivity (Wildman–Crippen MR) is 86.8 cm³/mol. The second kappa shape index (κ2) is 7.40. The van der Waals surface area contributed by atoms with Crippen LogP contribution in [0, 0.1) is 3.57 Å². The summed E-state index contributed by atoms with van der Waals surface area (Å²) in [5.74, 6) is -0.732. The number of rotatable bonds is 5. The minimum atomic E-state index is -2.10. The lowest BCUT2D eigenvalue weighted by molar-refractivity contribution is -0.159.